The fraction of sp³-hybridized carbons (Fsp3) is 0.250. The Hall–Kier alpha value is -1.48. The topological polar surface area (TPSA) is 21.3 Å². The maximum Gasteiger partial charge on any atom is 0.157 e. The maximum atomic E-state index is 5.98. The number of benzene rings is 2. The van der Waals surface area contributed by atoms with Gasteiger partial charge in [0.2, 0.25) is 0 Å². The quantitative estimate of drug-likeness (QED) is 0.867. The van der Waals surface area contributed by atoms with E-state index in [1.807, 2.05) is 25.2 Å². The van der Waals surface area contributed by atoms with Crippen LogP contribution in [0.1, 0.15) is 18.1 Å². The molecular formula is C16H18BrNO. The first-order chi connectivity index (χ1) is 9.26. The molecule has 0 amide bonds. The maximum absolute atomic E-state index is 5.98. The van der Waals surface area contributed by atoms with Crippen molar-refractivity contribution >= 4 is 21.6 Å². The Morgan fingerprint density at radius 1 is 1.05 bits per heavy atom. The first-order valence-electron chi connectivity index (χ1n) is 6.42. The molecule has 0 atom stereocenters. The minimum atomic E-state index is 0.585. The first-order valence-corrected chi connectivity index (χ1v) is 7.21. The van der Waals surface area contributed by atoms with Crippen molar-refractivity contribution in [3.63, 3.8) is 0 Å². The molecule has 0 aromatic heterocycles. The van der Waals surface area contributed by atoms with E-state index < -0.39 is 0 Å². The van der Waals surface area contributed by atoms with Gasteiger partial charge in [-0.25, -0.2) is 0 Å². The zero-order chi connectivity index (χ0) is 13.7. The van der Waals surface area contributed by atoms with Crippen molar-refractivity contribution in [2.45, 2.75) is 20.0 Å². The van der Waals surface area contributed by atoms with E-state index in [4.69, 9.17) is 4.74 Å². The number of rotatable bonds is 5. The summed E-state index contributed by atoms with van der Waals surface area (Å²) in [5.74, 6) is 0.857. The lowest BCUT2D eigenvalue weighted by Crippen LogP contribution is -2.02. The van der Waals surface area contributed by atoms with Crippen LogP contribution in [0.2, 0.25) is 0 Å². The molecule has 0 radical (unpaired) electrons. The van der Waals surface area contributed by atoms with Crippen LogP contribution in [0, 0.1) is 0 Å². The molecule has 0 aliphatic heterocycles. The van der Waals surface area contributed by atoms with Crippen LogP contribution in [0.4, 0.5) is 5.69 Å². The number of ether oxygens (including phenoxy) is 1. The summed E-state index contributed by atoms with van der Waals surface area (Å²) in [6.07, 6.45) is 1.02. The summed E-state index contributed by atoms with van der Waals surface area (Å²) in [5.41, 5.74) is 3.56. The molecule has 0 heterocycles. The van der Waals surface area contributed by atoms with E-state index in [1.165, 1.54) is 11.1 Å². The molecule has 0 saturated heterocycles. The summed E-state index contributed by atoms with van der Waals surface area (Å²) < 4.78 is 6.94. The Morgan fingerprint density at radius 2 is 1.79 bits per heavy atom. The van der Waals surface area contributed by atoms with E-state index in [-0.39, 0.29) is 0 Å². The second-order valence-corrected chi connectivity index (χ2v) is 5.13. The predicted octanol–water partition coefficient (Wildman–Crippen LogP) is 4.63. The highest BCUT2D eigenvalue weighted by Gasteiger charge is 2.08. The van der Waals surface area contributed by atoms with E-state index in [1.54, 1.807) is 0 Å². The van der Waals surface area contributed by atoms with Gasteiger partial charge in [-0.2, -0.15) is 0 Å². The van der Waals surface area contributed by atoms with Gasteiger partial charge in [0.1, 0.15) is 6.61 Å². The molecule has 0 aliphatic carbocycles. The number of aryl methyl sites for hydroxylation is 1. The van der Waals surface area contributed by atoms with Crippen LogP contribution >= 0.6 is 15.9 Å². The molecule has 0 saturated carbocycles. The smallest absolute Gasteiger partial charge is 0.157 e. The highest BCUT2D eigenvalue weighted by molar-refractivity contribution is 9.10. The number of anilines is 1. The van der Waals surface area contributed by atoms with Gasteiger partial charge in [0.15, 0.2) is 5.75 Å². The minimum Gasteiger partial charge on any atom is -0.486 e. The minimum absolute atomic E-state index is 0.585. The summed E-state index contributed by atoms with van der Waals surface area (Å²) in [7, 11) is 1.90. The van der Waals surface area contributed by atoms with Gasteiger partial charge < -0.3 is 10.1 Å². The van der Waals surface area contributed by atoms with Crippen LogP contribution in [-0.4, -0.2) is 7.05 Å². The van der Waals surface area contributed by atoms with Gasteiger partial charge >= 0.3 is 0 Å². The number of hydrogen-bond acceptors (Lipinski definition) is 2. The van der Waals surface area contributed by atoms with Gasteiger partial charge in [0, 0.05) is 7.05 Å². The molecule has 2 aromatic rings. The van der Waals surface area contributed by atoms with Crippen molar-refractivity contribution in [2.24, 2.45) is 0 Å². The number of nitrogens with one attached hydrogen (secondary N) is 1. The Morgan fingerprint density at radius 3 is 2.47 bits per heavy atom. The SMILES string of the molecule is CCc1ccccc1COc1c(Br)cccc1NC. The molecule has 0 unspecified atom stereocenters. The van der Waals surface area contributed by atoms with E-state index in [0.717, 1.165) is 22.3 Å². The molecule has 100 valence electrons. The lowest BCUT2D eigenvalue weighted by atomic mass is 10.1. The fourth-order valence-electron chi connectivity index (χ4n) is 2.05. The zero-order valence-electron chi connectivity index (χ0n) is 11.2. The van der Waals surface area contributed by atoms with Gasteiger partial charge in [-0.3, -0.25) is 0 Å². The summed E-state index contributed by atoms with van der Waals surface area (Å²) in [6.45, 7) is 2.75. The summed E-state index contributed by atoms with van der Waals surface area (Å²) >= 11 is 3.53. The molecule has 3 heteroatoms. The van der Waals surface area contributed by atoms with E-state index in [0.29, 0.717) is 6.61 Å². The second kappa shape index (κ2) is 6.62. The Kier molecular flexibility index (Phi) is 4.86. The highest BCUT2D eigenvalue weighted by atomic mass is 79.9. The summed E-state index contributed by atoms with van der Waals surface area (Å²) in [6, 6.07) is 14.4. The molecule has 0 aliphatic rings. The van der Waals surface area contributed by atoms with Gasteiger partial charge in [0.05, 0.1) is 10.2 Å². The highest BCUT2D eigenvalue weighted by Crippen LogP contribution is 2.33. The molecule has 1 N–H and O–H groups in total. The molecular weight excluding hydrogens is 302 g/mol. The van der Waals surface area contributed by atoms with E-state index >= 15 is 0 Å². The average Bonchev–Trinajstić information content (AvgIpc) is 2.46. The van der Waals surface area contributed by atoms with Gasteiger partial charge in [-0.1, -0.05) is 37.3 Å². The van der Waals surface area contributed by atoms with Crippen molar-refractivity contribution in [3.8, 4) is 5.75 Å². The van der Waals surface area contributed by atoms with Gasteiger partial charge in [0.25, 0.3) is 0 Å². The Balaban J connectivity index is 2.19. The fourth-order valence-corrected chi connectivity index (χ4v) is 2.53. The van der Waals surface area contributed by atoms with Crippen molar-refractivity contribution in [1.29, 1.82) is 0 Å². The van der Waals surface area contributed by atoms with Crippen LogP contribution < -0.4 is 10.1 Å². The third-order valence-corrected chi connectivity index (χ3v) is 3.73. The lowest BCUT2D eigenvalue weighted by Gasteiger charge is -2.14. The van der Waals surface area contributed by atoms with Crippen LogP contribution in [-0.2, 0) is 13.0 Å². The van der Waals surface area contributed by atoms with Crippen molar-refractivity contribution in [3.05, 3.63) is 58.1 Å². The molecule has 0 bridgehead atoms. The standard InChI is InChI=1S/C16H18BrNO/c1-3-12-7-4-5-8-13(12)11-19-16-14(17)9-6-10-15(16)18-2/h4-10,18H,3,11H2,1-2H3. The number of hydrogen-bond donors (Lipinski definition) is 1. The molecule has 0 fully saturated rings. The Bertz CT molecular complexity index is 554. The molecule has 19 heavy (non-hydrogen) atoms. The molecule has 0 spiro atoms. The van der Waals surface area contributed by atoms with Crippen molar-refractivity contribution in [2.75, 3.05) is 12.4 Å². The predicted molar refractivity (Wildman–Crippen MR) is 83.8 cm³/mol. The van der Waals surface area contributed by atoms with Crippen LogP contribution in [0.25, 0.3) is 0 Å². The summed E-state index contributed by atoms with van der Waals surface area (Å²) in [5, 5.41) is 3.15. The van der Waals surface area contributed by atoms with Crippen LogP contribution in [0.5, 0.6) is 5.75 Å². The molecule has 2 rings (SSSR count). The monoisotopic (exact) mass is 319 g/mol. The third-order valence-electron chi connectivity index (χ3n) is 3.11. The Labute approximate surface area is 122 Å². The van der Waals surface area contributed by atoms with Crippen LogP contribution in [0.3, 0.4) is 0 Å². The normalized spacial score (nSPS) is 10.3. The number of halogens is 1. The van der Waals surface area contributed by atoms with Gasteiger partial charge in [-0.05, 0) is 45.6 Å². The molecule has 2 aromatic carbocycles. The number of para-hydroxylation sites is 1. The van der Waals surface area contributed by atoms with Crippen LogP contribution in [0.15, 0.2) is 46.9 Å². The third kappa shape index (κ3) is 3.29. The van der Waals surface area contributed by atoms with Crippen molar-refractivity contribution < 1.29 is 4.74 Å². The first kappa shape index (κ1) is 13.9. The summed E-state index contributed by atoms with van der Waals surface area (Å²) in [4.78, 5) is 0. The lowest BCUT2D eigenvalue weighted by molar-refractivity contribution is 0.304. The zero-order valence-corrected chi connectivity index (χ0v) is 12.8. The molecule has 2 nitrogen and oxygen atoms in total. The van der Waals surface area contributed by atoms with E-state index in [2.05, 4.69) is 52.4 Å². The average molecular weight is 320 g/mol. The largest absolute Gasteiger partial charge is 0.486 e. The van der Waals surface area contributed by atoms with E-state index in [9.17, 15) is 0 Å². The second-order valence-electron chi connectivity index (χ2n) is 4.28. The van der Waals surface area contributed by atoms with Crippen molar-refractivity contribution in [1.82, 2.24) is 0 Å². The van der Waals surface area contributed by atoms with Gasteiger partial charge in [-0.15, -0.1) is 0 Å².